The molecule has 0 aliphatic carbocycles. The van der Waals surface area contributed by atoms with E-state index in [-0.39, 0.29) is 19.1 Å². The highest BCUT2D eigenvalue weighted by molar-refractivity contribution is 5.98. The number of nitrogens with zero attached hydrogens (tertiary/aromatic N) is 2. The molecule has 0 spiro atoms. The van der Waals surface area contributed by atoms with Crippen molar-refractivity contribution in [1.82, 2.24) is 4.90 Å². The Morgan fingerprint density at radius 3 is 2.23 bits per heavy atom. The second-order valence-electron chi connectivity index (χ2n) is 7.41. The Morgan fingerprint density at radius 1 is 1.03 bits per heavy atom. The molecule has 0 aromatic heterocycles. The van der Waals surface area contributed by atoms with Gasteiger partial charge < -0.3 is 15.2 Å². The predicted octanol–water partition coefficient (Wildman–Crippen LogP) is 4.59. The number of rotatable bonds is 5. The second-order valence-corrected chi connectivity index (χ2v) is 7.41. The lowest BCUT2D eigenvalue weighted by molar-refractivity contribution is 0.0382. The molecule has 2 aromatic rings. The minimum absolute atomic E-state index is 0.0524. The summed E-state index contributed by atoms with van der Waals surface area (Å²) in [5.74, 6) is -0.306. The van der Waals surface area contributed by atoms with Gasteiger partial charge in [0.05, 0.1) is 6.54 Å². The minimum atomic E-state index is -0.892. The summed E-state index contributed by atoms with van der Waals surface area (Å²) in [5, 5.41) is 0. The molecule has 0 heterocycles. The molecule has 0 saturated heterocycles. The van der Waals surface area contributed by atoms with Crippen molar-refractivity contribution in [2.75, 3.05) is 6.54 Å². The van der Waals surface area contributed by atoms with Gasteiger partial charge in [-0.05, 0) is 31.9 Å². The SMILES string of the molecule is CC(C)(C)OC(=O)N(C/C=C/c1ccccc1)/C(N)=N/C(=O)OCc1ccccc1. The highest BCUT2D eigenvalue weighted by atomic mass is 16.6. The zero-order valence-electron chi connectivity index (χ0n) is 17.4. The highest BCUT2D eigenvalue weighted by Gasteiger charge is 2.24. The van der Waals surface area contributed by atoms with E-state index in [1.807, 2.05) is 66.7 Å². The van der Waals surface area contributed by atoms with Crippen LogP contribution in [0.1, 0.15) is 31.9 Å². The summed E-state index contributed by atoms with van der Waals surface area (Å²) in [6.07, 6.45) is 1.96. The fraction of sp³-hybridized carbons (Fsp3) is 0.261. The van der Waals surface area contributed by atoms with Gasteiger partial charge in [0.2, 0.25) is 5.96 Å². The number of benzene rings is 2. The number of carbonyl (C=O) groups is 2. The fourth-order valence-corrected chi connectivity index (χ4v) is 2.34. The molecule has 0 atom stereocenters. The van der Waals surface area contributed by atoms with E-state index in [4.69, 9.17) is 15.2 Å². The standard InChI is InChI=1S/C23H27N3O4/c1-23(2,3)30-22(28)26(16-10-15-18-11-6-4-7-12-18)20(24)25-21(27)29-17-19-13-8-5-9-14-19/h4-15H,16-17H2,1-3H3,(H2,24,25,27)/b15-10+. The van der Waals surface area contributed by atoms with E-state index in [0.717, 1.165) is 16.0 Å². The molecule has 0 bridgehead atoms. The summed E-state index contributed by atoms with van der Waals surface area (Å²) in [5.41, 5.74) is 6.97. The van der Waals surface area contributed by atoms with Crippen LogP contribution in [0.25, 0.3) is 6.08 Å². The van der Waals surface area contributed by atoms with E-state index < -0.39 is 17.8 Å². The van der Waals surface area contributed by atoms with Gasteiger partial charge in [-0.25, -0.2) is 14.5 Å². The van der Waals surface area contributed by atoms with Gasteiger partial charge in [-0.1, -0.05) is 72.8 Å². The number of amides is 2. The first-order valence-electron chi connectivity index (χ1n) is 9.51. The molecule has 2 rings (SSSR count). The smallest absolute Gasteiger partial charge is 0.437 e. The van der Waals surface area contributed by atoms with Crippen LogP contribution >= 0.6 is 0 Å². The van der Waals surface area contributed by atoms with Crippen molar-refractivity contribution in [3.05, 3.63) is 77.9 Å². The van der Waals surface area contributed by atoms with E-state index in [0.29, 0.717) is 0 Å². The number of nitrogens with two attached hydrogens (primary N) is 1. The van der Waals surface area contributed by atoms with Gasteiger partial charge in [0.1, 0.15) is 12.2 Å². The molecular formula is C23H27N3O4. The molecule has 0 fully saturated rings. The zero-order chi connectivity index (χ0) is 22.0. The normalized spacial score (nSPS) is 11.9. The predicted molar refractivity (Wildman–Crippen MR) is 117 cm³/mol. The van der Waals surface area contributed by atoms with Gasteiger partial charge in [-0.3, -0.25) is 0 Å². The second kappa shape index (κ2) is 10.8. The number of guanidine groups is 1. The summed E-state index contributed by atoms with van der Waals surface area (Å²) in [4.78, 5) is 29.4. The van der Waals surface area contributed by atoms with Crippen LogP contribution in [0, 0.1) is 0 Å². The quantitative estimate of drug-likeness (QED) is 0.576. The third kappa shape index (κ3) is 8.18. The Morgan fingerprint density at radius 2 is 1.63 bits per heavy atom. The van der Waals surface area contributed by atoms with E-state index >= 15 is 0 Å². The van der Waals surface area contributed by atoms with Crippen molar-refractivity contribution < 1.29 is 19.1 Å². The Bertz CT molecular complexity index is 888. The molecule has 7 nitrogen and oxygen atoms in total. The lowest BCUT2D eigenvalue weighted by atomic mass is 10.2. The zero-order valence-corrected chi connectivity index (χ0v) is 17.4. The van der Waals surface area contributed by atoms with Gasteiger partial charge in [-0.2, -0.15) is 0 Å². The molecule has 0 saturated carbocycles. The molecule has 2 amide bonds. The van der Waals surface area contributed by atoms with Crippen LogP contribution in [-0.4, -0.2) is 35.2 Å². The topological polar surface area (TPSA) is 94.2 Å². The molecule has 2 N–H and O–H groups in total. The van der Waals surface area contributed by atoms with Crippen LogP contribution in [0.3, 0.4) is 0 Å². The van der Waals surface area contributed by atoms with Gasteiger partial charge >= 0.3 is 12.2 Å². The maximum atomic E-state index is 12.6. The van der Waals surface area contributed by atoms with Crippen molar-refractivity contribution in [2.24, 2.45) is 10.7 Å². The molecule has 30 heavy (non-hydrogen) atoms. The maximum absolute atomic E-state index is 12.6. The molecule has 0 aliphatic heterocycles. The Hall–Kier alpha value is -3.61. The summed E-state index contributed by atoms with van der Waals surface area (Å²) in [6.45, 7) is 5.35. The number of hydrogen-bond donors (Lipinski definition) is 1. The lowest BCUT2D eigenvalue weighted by Gasteiger charge is -2.25. The van der Waals surface area contributed by atoms with E-state index in [1.54, 1.807) is 26.8 Å². The number of hydrogen-bond acceptors (Lipinski definition) is 4. The van der Waals surface area contributed by atoms with Crippen LogP contribution in [-0.2, 0) is 16.1 Å². The largest absolute Gasteiger partial charge is 0.443 e. The first-order valence-corrected chi connectivity index (χ1v) is 9.51. The van der Waals surface area contributed by atoms with Crippen molar-refractivity contribution in [3.8, 4) is 0 Å². The van der Waals surface area contributed by atoms with Crippen molar-refractivity contribution in [1.29, 1.82) is 0 Å². The average Bonchev–Trinajstić information content (AvgIpc) is 2.69. The van der Waals surface area contributed by atoms with Crippen LogP contribution in [0.15, 0.2) is 71.7 Å². The van der Waals surface area contributed by atoms with Gasteiger partial charge in [0, 0.05) is 0 Å². The Labute approximate surface area is 176 Å². The minimum Gasteiger partial charge on any atom is -0.443 e. The average molecular weight is 409 g/mol. The molecule has 158 valence electrons. The van der Waals surface area contributed by atoms with Gasteiger partial charge in [0.25, 0.3) is 0 Å². The Balaban J connectivity index is 2.08. The Kier molecular flexibility index (Phi) is 8.17. The summed E-state index contributed by atoms with van der Waals surface area (Å²) in [6, 6.07) is 18.8. The number of carbonyl (C=O) groups excluding carboxylic acids is 2. The van der Waals surface area contributed by atoms with E-state index in [1.165, 1.54) is 0 Å². The first-order chi connectivity index (χ1) is 14.2. The van der Waals surface area contributed by atoms with Crippen LogP contribution in [0.4, 0.5) is 9.59 Å². The van der Waals surface area contributed by atoms with E-state index in [9.17, 15) is 9.59 Å². The molecule has 0 unspecified atom stereocenters. The summed E-state index contributed by atoms with van der Waals surface area (Å²) < 4.78 is 10.5. The highest BCUT2D eigenvalue weighted by Crippen LogP contribution is 2.11. The van der Waals surface area contributed by atoms with Crippen LogP contribution in [0.2, 0.25) is 0 Å². The third-order valence-corrected chi connectivity index (χ3v) is 3.70. The first kappa shape index (κ1) is 22.7. The molecule has 0 aliphatic rings. The van der Waals surface area contributed by atoms with Crippen molar-refractivity contribution >= 4 is 24.2 Å². The van der Waals surface area contributed by atoms with Crippen molar-refractivity contribution in [3.63, 3.8) is 0 Å². The van der Waals surface area contributed by atoms with Crippen LogP contribution in [0.5, 0.6) is 0 Å². The summed E-state index contributed by atoms with van der Waals surface area (Å²) in [7, 11) is 0. The van der Waals surface area contributed by atoms with E-state index in [2.05, 4.69) is 4.99 Å². The van der Waals surface area contributed by atoms with Gasteiger partial charge in [-0.15, -0.1) is 4.99 Å². The maximum Gasteiger partial charge on any atom is 0.437 e. The van der Waals surface area contributed by atoms with Crippen molar-refractivity contribution in [2.45, 2.75) is 33.0 Å². The fourth-order valence-electron chi connectivity index (χ4n) is 2.34. The lowest BCUT2D eigenvalue weighted by Crippen LogP contribution is -2.45. The molecule has 7 heteroatoms. The van der Waals surface area contributed by atoms with Gasteiger partial charge in [0.15, 0.2) is 0 Å². The summed E-state index contributed by atoms with van der Waals surface area (Å²) >= 11 is 0. The monoisotopic (exact) mass is 409 g/mol. The van der Waals surface area contributed by atoms with Crippen LogP contribution < -0.4 is 5.73 Å². The molecular weight excluding hydrogens is 382 g/mol. The number of ether oxygens (including phenoxy) is 2. The number of aliphatic imine (C=N–C) groups is 1. The molecule has 2 aromatic carbocycles. The third-order valence-electron chi connectivity index (χ3n) is 3.70. The molecule has 0 radical (unpaired) electrons.